The average Bonchev–Trinajstić information content (AvgIpc) is 3.07. The molecule has 2 heterocycles. The van der Waals surface area contributed by atoms with E-state index in [2.05, 4.69) is 20.8 Å². The van der Waals surface area contributed by atoms with Crippen molar-refractivity contribution in [2.45, 2.75) is 61.1 Å². The molecular formula is C13H23N5OS. The number of hydrogen-bond acceptors (Lipinski definition) is 6. The summed E-state index contributed by atoms with van der Waals surface area (Å²) in [6, 6.07) is 0. The molecule has 1 N–H and O–H groups in total. The van der Waals surface area contributed by atoms with Crippen LogP contribution in [-0.2, 0) is 11.3 Å². The minimum atomic E-state index is 0.166. The van der Waals surface area contributed by atoms with Crippen molar-refractivity contribution < 1.29 is 4.74 Å². The second kappa shape index (κ2) is 6.41. The Labute approximate surface area is 124 Å². The summed E-state index contributed by atoms with van der Waals surface area (Å²) in [5.41, 5.74) is 0.166. The molecule has 1 aromatic rings. The topological polar surface area (TPSA) is 64.9 Å². The minimum Gasteiger partial charge on any atom is -0.375 e. The monoisotopic (exact) mass is 297 g/mol. The number of likely N-dealkylation sites (N-methyl/N-ethyl adjacent to an activating group) is 1. The zero-order chi connectivity index (χ0) is 13.8. The molecule has 0 bridgehead atoms. The molecule has 6 nitrogen and oxygen atoms in total. The van der Waals surface area contributed by atoms with Gasteiger partial charge >= 0.3 is 0 Å². The van der Waals surface area contributed by atoms with Crippen molar-refractivity contribution in [1.29, 1.82) is 0 Å². The molecule has 0 amide bonds. The van der Waals surface area contributed by atoms with Crippen molar-refractivity contribution in [3.8, 4) is 0 Å². The molecule has 7 heteroatoms. The van der Waals surface area contributed by atoms with Crippen LogP contribution >= 0.6 is 11.8 Å². The lowest BCUT2D eigenvalue weighted by Crippen LogP contribution is -2.38. The van der Waals surface area contributed by atoms with Crippen LogP contribution in [0.2, 0.25) is 0 Å². The molecule has 1 aromatic heterocycles. The predicted octanol–water partition coefficient (Wildman–Crippen LogP) is 1.48. The van der Waals surface area contributed by atoms with Gasteiger partial charge in [-0.05, 0) is 43.2 Å². The largest absolute Gasteiger partial charge is 0.375 e. The van der Waals surface area contributed by atoms with Crippen molar-refractivity contribution in [2.24, 2.45) is 0 Å². The smallest absolute Gasteiger partial charge is 0.209 e. The van der Waals surface area contributed by atoms with E-state index in [0.717, 1.165) is 37.7 Å². The average molecular weight is 297 g/mol. The van der Waals surface area contributed by atoms with Crippen LogP contribution in [0.15, 0.2) is 5.16 Å². The molecule has 1 unspecified atom stereocenters. The Balaban J connectivity index is 1.61. The fourth-order valence-electron chi connectivity index (χ4n) is 3.24. The van der Waals surface area contributed by atoms with Crippen LogP contribution in [0.3, 0.4) is 0 Å². The first kappa shape index (κ1) is 14.3. The van der Waals surface area contributed by atoms with E-state index in [1.807, 2.05) is 23.5 Å². The number of aromatic nitrogens is 4. The Morgan fingerprint density at radius 2 is 2.30 bits per heavy atom. The molecular weight excluding hydrogens is 274 g/mol. The third-order valence-electron chi connectivity index (χ3n) is 4.31. The van der Waals surface area contributed by atoms with Crippen molar-refractivity contribution in [3.63, 3.8) is 0 Å². The highest BCUT2D eigenvalue weighted by molar-refractivity contribution is 7.99. The molecule has 0 radical (unpaired) electrons. The maximum atomic E-state index is 6.09. The summed E-state index contributed by atoms with van der Waals surface area (Å²) in [7, 11) is 1.94. The Kier molecular flexibility index (Phi) is 4.58. The van der Waals surface area contributed by atoms with E-state index in [-0.39, 0.29) is 5.60 Å². The van der Waals surface area contributed by atoms with Crippen LogP contribution in [0.5, 0.6) is 0 Å². The van der Waals surface area contributed by atoms with Gasteiger partial charge < -0.3 is 10.1 Å². The lowest BCUT2D eigenvalue weighted by Gasteiger charge is -2.37. The van der Waals surface area contributed by atoms with Crippen LogP contribution in [0.4, 0.5) is 0 Å². The molecule has 1 aliphatic carbocycles. The van der Waals surface area contributed by atoms with E-state index < -0.39 is 0 Å². The second-order valence-corrected chi connectivity index (χ2v) is 7.03. The summed E-state index contributed by atoms with van der Waals surface area (Å²) in [6.07, 6.45) is 7.35. The summed E-state index contributed by atoms with van der Waals surface area (Å²) in [5, 5.41) is 16.7. The predicted molar refractivity (Wildman–Crippen MR) is 77.8 cm³/mol. The minimum absolute atomic E-state index is 0.166. The van der Waals surface area contributed by atoms with Crippen LogP contribution in [0, 0.1) is 0 Å². The summed E-state index contributed by atoms with van der Waals surface area (Å²) in [4.78, 5) is 0. The standard InChI is InChI=1S/C13H23N5OS/c1-14-7-8-18-12(15-16-17-18)20-11-4-9-19-13(10-11)5-2-3-6-13/h11,14H,2-10H2,1H3. The zero-order valence-electron chi connectivity index (χ0n) is 12.0. The van der Waals surface area contributed by atoms with Gasteiger partial charge in [0.05, 0.1) is 12.1 Å². The van der Waals surface area contributed by atoms with E-state index in [1.165, 1.54) is 25.7 Å². The highest BCUT2D eigenvalue weighted by Gasteiger charge is 2.40. The van der Waals surface area contributed by atoms with Gasteiger partial charge in [-0.1, -0.05) is 24.6 Å². The normalized spacial score (nSPS) is 25.4. The van der Waals surface area contributed by atoms with Crippen LogP contribution in [0.25, 0.3) is 0 Å². The van der Waals surface area contributed by atoms with Gasteiger partial charge in [-0.15, -0.1) is 5.10 Å². The maximum Gasteiger partial charge on any atom is 0.209 e. The Hall–Kier alpha value is -0.660. The summed E-state index contributed by atoms with van der Waals surface area (Å²) >= 11 is 1.83. The van der Waals surface area contributed by atoms with Crippen molar-refractivity contribution in [1.82, 2.24) is 25.5 Å². The molecule has 20 heavy (non-hydrogen) atoms. The van der Waals surface area contributed by atoms with Gasteiger partial charge in [0, 0.05) is 18.4 Å². The molecule has 1 atom stereocenters. The first-order valence-electron chi connectivity index (χ1n) is 7.53. The van der Waals surface area contributed by atoms with E-state index in [4.69, 9.17) is 4.74 Å². The van der Waals surface area contributed by atoms with E-state index >= 15 is 0 Å². The zero-order valence-corrected chi connectivity index (χ0v) is 12.9. The van der Waals surface area contributed by atoms with Crippen LogP contribution < -0.4 is 5.32 Å². The summed E-state index contributed by atoms with van der Waals surface area (Å²) in [5.74, 6) is 0. The number of hydrogen-bond donors (Lipinski definition) is 1. The van der Waals surface area contributed by atoms with Crippen LogP contribution in [-0.4, -0.2) is 51.3 Å². The van der Waals surface area contributed by atoms with E-state index in [0.29, 0.717) is 5.25 Å². The fraction of sp³-hybridized carbons (Fsp3) is 0.923. The number of nitrogens with one attached hydrogen (secondary N) is 1. The first-order valence-corrected chi connectivity index (χ1v) is 8.41. The third-order valence-corrected chi connectivity index (χ3v) is 5.55. The summed E-state index contributed by atoms with van der Waals surface area (Å²) in [6.45, 7) is 2.59. The number of tetrazole rings is 1. The first-order chi connectivity index (χ1) is 9.81. The molecule has 1 saturated carbocycles. The highest BCUT2D eigenvalue weighted by Crippen LogP contribution is 2.43. The summed E-state index contributed by atoms with van der Waals surface area (Å²) < 4.78 is 7.99. The van der Waals surface area contributed by atoms with Gasteiger partial charge in [-0.25, -0.2) is 4.68 Å². The Morgan fingerprint density at radius 3 is 3.10 bits per heavy atom. The van der Waals surface area contributed by atoms with Crippen molar-refractivity contribution in [2.75, 3.05) is 20.2 Å². The lowest BCUT2D eigenvalue weighted by molar-refractivity contribution is -0.0704. The quantitative estimate of drug-likeness (QED) is 0.888. The number of thioether (sulfide) groups is 1. The van der Waals surface area contributed by atoms with Gasteiger partial charge in [0.1, 0.15) is 0 Å². The van der Waals surface area contributed by atoms with Gasteiger partial charge in [-0.3, -0.25) is 0 Å². The van der Waals surface area contributed by atoms with Gasteiger partial charge in [0.15, 0.2) is 0 Å². The van der Waals surface area contributed by atoms with E-state index in [9.17, 15) is 0 Å². The molecule has 1 spiro atoms. The maximum absolute atomic E-state index is 6.09. The SMILES string of the molecule is CNCCn1nnnc1SC1CCOC2(CCCC2)C1. The molecule has 112 valence electrons. The van der Waals surface area contributed by atoms with E-state index in [1.54, 1.807) is 0 Å². The van der Waals surface area contributed by atoms with Crippen LogP contribution in [0.1, 0.15) is 38.5 Å². The van der Waals surface area contributed by atoms with Crippen molar-refractivity contribution >= 4 is 11.8 Å². The number of nitrogens with zero attached hydrogens (tertiary/aromatic N) is 4. The van der Waals surface area contributed by atoms with Crippen molar-refractivity contribution in [3.05, 3.63) is 0 Å². The molecule has 1 aliphatic heterocycles. The highest BCUT2D eigenvalue weighted by atomic mass is 32.2. The molecule has 2 fully saturated rings. The lowest BCUT2D eigenvalue weighted by atomic mass is 9.92. The molecule has 0 aromatic carbocycles. The molecule has 1 saturated heterocycles. The number of ether oxygens (including phenoxy) is 1. The molecule has 3 rings (SSSR count). The number of rotatable bonds is 5. The Bertz CT molecular complexity index is 432. The fourth-order valence-corrected chi connectivity index (χ4v) is 4.47. The van der Waals surface area contributed by atoms with Gasteiger partial charge in [0.25, 0.3) is 0 Å². The third kappa shape index (κ3) is 3.15. The van der Waals surface area contributed by atoms with Gasteiger partial charge in [0.2, 0.25) is 5.16 Å². The molecule has 2 aliphatic rings. The van der Waals surface area contributed by atoms with Gasteiger partial charge in [-0.2, -0.15) is 0 Å². The second-order valence-electron chi connectivity index (χ2n) is 5.76. The Morgan fingerprint density at radius 1 is 1.45 bits per heavy atom.